The Labute approximate surface area is 143 Å². The van der Waals surface area contributed by atoms with Crippen molar-refractivity contribution in [3.05, 3.63) is 64.9 Å². The molecule has 2 aromatic rings. The standard InChI is InChI=1S/C17H10ClFN2O2S/c18-12-4-6-14(7-5-12)24(22,23)16-15(17(16,9-20)10-21)11-2-1-3-13(19)8-11/h1-8,15-16H/t15-,16-/m0/s1. The summed E-state index contributed by atoms with van der Waals surface area (Å²) in [6, 6.07) is 14.5. The summed E-state index contributed by atoms with van der Waals surface area (Å²) in [4.78, 5) is -0.0225. The van der Waals surface area contributed by atoms with Gasteiger partial charge in [0.2, 0.25) is 0 Å². The normalized spacial score (nSPS) is 21.5. The molecule has 0 bridgehead atoms. The third-order valence-corrected chi connectivity index (χ3v) is 6.68. The summed E-state index contributed by atoms with van der Waals surface area (Å²) in [7, 11) is -3.95. The quantitative estimate of drug-likeness (QED) is 0.839. The van der Waals surface area contributed by atoms with Crippen molar-refractivity contribution in [3.63, 3.8) is 0 Å². The molecule has 1 aliphatic rings. The number of nitriles is 2. The summed E-state index contributed by atoms with van der Waals surface area (Å²) >= 11 is 5.77. The van der Waals surface area contributed by atoms with Gasteiger partial charge in [-0.1, -0.05) is 23.7 Å². The topological polar surface area (TPSA) is 81.7 Å². The fourth-order valence-electron chi connectivity index (χ4n) is 2.98. The van der Waals surface area contributed by atoms with E-state index in [4.69, 9.17) is 11.6 Å². The molecule has 0 unspecified atom stereocenters. The molecule has 7 heteroatoms. The van der Waals surface area contributed by atoms with Crippen LogP contribution in [0.25, 0.3) is 0 Å². The van der Waals surface area contributed by atoms with Gasteiger partial charge in [-0.3, -0.25) is 0 Å². The predicted octanol–water partition coefficient (Wildman–Crippen LogP) is 3.45. The highest BCUT2D eigenvalue weighted by Gasteiger charge is 2.73. The Balaban J connectivity index is 2.11. The SMILES string of the molecule is N#CC1(C#N)[C@@H](c2cccc(F)c2)[C@@H]1S(=O)(=O)c1ccc(Cl)cc1. The van der Waals surface area contributed by atoms with Crippen molar-refractivity contribution in [2.45, 2.75) is 16.1 Å². The van der Waals surface area contributed by atoms with Crippen LogP contribution in [0.1, 0.15) is 11.5 Å². The van der Waals surface area contributed by atoms with Gasteiger partial charge in [-0.25, -0.2) is 12.8 Å². The first-order valence-corrected chi connectivity index (χ1v) is 8.86. The predicted molar refractivity (Wildman–Crippen MR) is 85.2 cm³/mol. The smallest absolute Gasteiger partial charge is 0.184 e. The highest BCUT2D eigenvalue weighted by molar-refractivity contribution is 7.92. The molecule has 2 atom stereocenters. The number of hydrogen-bond acceptors (Lipinski definition) is 4. The zero-order valence-corrected chi connectivity index (χ0v) is 13.7. The van der Waals surface area contributed by atoms with Crippen LogP contribution in [0, 0.1) is 33.9 Å². The molecular formula is C17H10ClFN2O2S. The summed E-state index contributed by atoms with van der Waals surface area (Å²) in [5.74, 6) is -1.45. The van der Waals surface area contributed by atoms with Crippen molar-refractivity contribution < 1.29 is 12.8 Å². The first kappa shape index (κ1) is 16.4. The molecule has 1 aliphatic carbocycles. The van der Waals surface area contributed by atoms with E-state index in [0.29, 0.717) is 10.6 Å². The third-order valence-electron chi connectivity index (χ3n) is 4.19. The van der Waals surface area contributed by atoms with E-state index >= 15 is 0 Å². The fraction of sp³-hybridized carbons (Fsp3) is 0.176. The summed E-state index contributed by atoms with van der Waals surface area (Å²) in [5, 5.41) is 18.0. The first-order chi connectivity index (χ1) is 11.4. The van der Waals surface area contributed by atoms with E-state index in [1.807, 2.05) is 12.1 Å². The highest BCUT2D eigenvalue weighted by atomic mass is 35.5. The average Bonchev–Trinajstić information content (AvgIpc) is 3.26. The second kappa shape index (κ2) is 5.59. The number of rotatable bonds is 3. The van der Waals surface area contributed by atoms with Crippen molar-refractivity contribution in [1.29, 1.82) is 10.5 Å². The number of hydrogen-bond donors (Lipinski definition) is 0. The lowest BCUT2D eigenvalue weighted by atomic mass is 10.0. The first-order valence-electron chi connectivity index (χ1n) is 6.94. The minimum Gasteiger partial charge on any atom is -0.223 e. The lowest BCUT2D eigenvalue weighted by molar-refractivity contribution is 0.591. The van der Waals surface area contributed by atoms with Crippen LogP contribution in [0.15, 0.2) is 53.4 Å². The second-order valence-corrected chi connectivity index (χ2v) is 8.05. The van der Waals surface area contributed by atoms with Crippen molar-refractivity contribution in [3.8, 4) is 12.1 Å². The molecule has 24 heavy (non-hydrogen) atoms. The van der Waals surface area contributed by atoms with E-state index in [-0.39, 0.29) is 4.90 Å². The molecule has 0 amide bonds. The van der Waals surface area contributed by atoms with Crippen LogP contribution in [-0.2, 0) is 9.84 Å². The van der Waals surface area contributed by atoms with E-state index in [0.717, 1.165) is 6.07 Å². The summed E-state index contributed by atoms with van der Waals surface area (Å²) in [5.41, 5.74) is -1.41. The Bertz CT molecular complexity index is 976. The van der Waals surface area contributed by atoms with Crippen LogP contribution in [0.5, 0.6) is 0 Å². The molecule has 3 rings (SSSR count). The summed E-state index contributed by atoms with van der Waals surface area (Å²) in [6.45, 7) is 0. The van der Waals surface area contributed by atoms with Gasteiger partial charge >= 0.3 is 0 Å². The van der Waals surface area contributed by atoms with Crippen molar-refractivity contribution in [2.24, 2.45) is 5.41 Å². The lowest BCUT2D eigenvalue weighted by Crippen LogP contribution is -2.14. The van der Waals surface area contributed by atoms with Crippen LogP contribution in [0.3, 0.4) is 0 Å². The van der Waals surface area contributed by atoms with Crippen molar-refractivity contribution in [2.75, 3.05) is 0 Å². The molecule has 2 aromatic carbocycles. The van der Waals surface area contributed by atoms with E-state index in [1.54, 1.807) is 0 Å². The Morgan fingerprint density at radius 3 is 2.25 bits per heavy atom. The van der Waals surface area contributed by atoms with Crippen LogP contribution in [-0.4, -0.2) is 13.7 Å². The van der Waals surface area contributed by atoms with Gasteiger partial charge in [0.1, 0.15) is 11.1 Å². The van der Waals surface area contributed by atoms with Crippen molar-refractivity contribution in [1.82, 2.24) is 0 Å². The van der Waals surface area contributed by atoms with Crippen LogP contribution in [0.2, 0.25) is 5.02 Å². The van der Waals surface area contributed by atoms with Gasteiger partial charge in [-0.15, -0.1) is 0 Å². The van der Waals surface area contributed by atoms with Crippen LogP contribution >= 0.6 is 11.6 Å². The van der Waals surface area contributed by atoms with Gasteiger partial charge in [0.25, 0.3) is 0 Å². The Morgan fingerprint density at radius 1 is 1.08 bits per heavy atom. The molecule has 1 fully saturated rings. The maximum atomic E-state index is 13.5. The van der Waals surface area contributed by atoms with E-state index in [2.05, 4.69) is 0 Å². The minimum atomic E-state index is -3.95. The summed E-state index contributed by atoms with van der Waals surface area (Å²) in [6.07, 6.45) is 0. The maximum absolute atomic E-state index is 13.5. The Kier molecular flexibility index (Phi) is 3.83. The van der Waals surface area contributed by atoms with E-state index in [9.17, 15) is 23.3 Å². The molecule has 0 heterocycles. The van der Waals surface area contributed by atoms with Gasteiger partial charge < -0.3 is 0 Å². The summed E-state index contributed by atoms with van der Waals surface area (Å²) < 4.78 is 39.2. The minimum absolute atomic E-state index is 0.0225. The monoisotopic (exact) mass is 360 g/mol. The average molecular weight is 361 g/mol. The Morgan fingerprint density at radius 2 is 1.71 bits per heavy atom. The molecule has 0 aromatic heterocycles. The number of sulfone groups is 1. The maximum Gasteiger partial charge on any atom is 0.184 e. The zero-order valence-electron chi connectivity index (χ0n) is 12.1. The van der Waals surface area contributed by atoms with E-state index < -0.39 is 32.2 Å². The van der Waals surface area contributed by atoms with E-state index in [1.165, 1.54) is 42.5 Å². The van der Waals surface area contributed by atoms with Gasteiger partial charge in [0.15, 0.2) is 15.3 Å². The third kappa shape index (κ3) is 2.36. The molecule has 0 radical (unpaired) electrons. The number of benzene rings is 2. The molecule has 0 saturated heterocycles. The van der Waals surface area contributed by atoms with Crippen LogP contribution < -0.4 is 0 Å². The van der Waals surface area contributed by atoms with Crippen LogP contribution in [0.4, 0.5) is 4.39 Å². The second-order valence-electron chi connectivity index (χ2n) is 5.54. The van der Waals surface area contributed by atoms with Gasteiger partial charge in [-0.2, -0.15) is 10.5 Å². The molecule has 0 spiro atoms. The molecule has 0 aliphatic heterocycles. The fourth-order valence-corrected chi connectivity index (χ4v) is 5.31. The molecular weight excluding hydrogens is 351 g/mol. The lowest BCUT2D eigenvalue weighted by Gasteiger charge is -2.04. The molecule has 120 valence electrons. The molecule has 0 N–H and O–H groups in total. The van der Waals surface area contributed by atoms with Gasteiger partial charge in [0.05, 0.1) is 17.0 Å². The molecule has 4 nitrogen and oxygen atoms in total. The van der Waals surface area contributed by atoms with Gasteiger partial charge in [-0.05, 0) is 42.0 Å². The largest absolute Gasteiger partial charge is 0.223 e. The zero-order chi connectivity index (χ0) is 17.5. The van der Waals surface area contributed by atoms with Crippen molar-refractivity contribution >= 4 is 21.4 Å². The number of halogens is 2. The highest BCUT2D eigenvalue weighted by Crippen LogP contribution is 2.63. The molecule has 1 saturated carbocycles. The van der Waals surface area contributed by atoms with Gasteiger partial charge in [0, 0.05) is 10.9 Å². The Hall–Kier alpha value is -2.41. The number of nitrogens with zero attached hydrogens (tertiary/aromatic N) is 2.